The summed E-state index contributed by atoms with van der Waals surface area (Å²) in [5.74, 6) is -0.336. The number of likely N-dealkylation sites (N-methyl/N-ethyl adjacent to an activating group) is 1. The van der Waals surface area contributed by atoms with Crippen molar-refractivity contribution in [2.45, 2.75) is 13.0 Å². The molecule has 0 aliphatic rings. The summed E-state index contributed by atoms with van der Waals surface area (Å²) in [4.78, 5) is 22.8. The van der Waals surface area contributed by atoms with Gasteiger partial charge in [-0.25, -0.2) is 0 Å². The highest BCUT2D eigenvalue weighted by atomic mass is 16.2. The molecule has 0 saturated heterocycles. The first kappa shape index (κ1) is 13.8. The molecule has 1 rings (SSSR count). The topological polar surface area (TPSA) is 96.2 Å². The molecule has 1 unspecified atom stereocenters. The second-order valence-corrected chi connectivity index (χ2v) is 3.86. The normalized spacial score (nSPS) is 11.5. The molecule has 0 radical (unpaired) electrons. The molecule has 0 aromatic heterocycles. The van der Waals surface area contributed by atoms with Gasteiger partial charge in [0.2, 0.25) is 5.91 Å². The van der Waals surface area contributed by atoms with Crippen LogP contribution in [0.5, 0.6) is 0 Å². The van der Waals surface area contributed by atoms with E-state index in [-0.39, 0.29) is 11.8 Å². The number of anilines is 2. The van der Waals surface area contributed by atoms with E-state index in [0.717, 1.165) is 0 Å². The Balaban J connectivity index is 2.86. The average Bonchev–Trinajstić information content (AvgIpc) is 2.38. The molecule has 0 aliphatic heterocycles. The summed E-state index contributed by atoms with van der Waals surface area (Å²) < 4.78 is 0. The van der Waals surface area contributed by atoms with Gasteiger partial charge in [-0.15, -0.1) is 0 Å². The van der Waals surface area contributed by atoms with Crippen molar-refractivity contribution in [1.82, 2.24) is 10.6 Å². The van der Waals surface area contributed by atoms with E-state index in [1.165, 1.54) is 0 Å². The van der Waals surface area contributed by atoms with Crippen LogP contribution in [0.25, 0.3) is 0 Å². The van der Waals surface area contributed by atoms with Crippen molar-refractivity contribution in [1.29, 1.82) is 0 Å². The van der Waals surface area contributed by atoms with E-state index in [9.17, 15) is 9.59 Å². The third-order valence-electron chi connectivity index (χ3n) is 2.55. The molecular weight excluding hydrogens is 232 g/mol. The lowest BCUT2D eigenvalue weighted by Gasteiger charge is -2.15. The van der Waals surface area contributed by atoms with Crippen molar-refractivity contribution in [3.63, 3.8) is 0 Å². The van der Waals surface area contributed by atoms with Crippen LogP contribution in [0, 0.1) is 0 Å². The number of nitrogens with one attached hydrogen (secondary N) is 3. The second kappa shape index (κ2) is 5.90. The van der Waals surface area contributed by atoms with Crippen LogP contribution in [0.15, 0.2) is 18.2 Å². The van der Waals surface area contributed by atoms with Crippen LogP contribution in [0.4, 0.5) is 11.4 Å². The number of nitrogen functional groups attached to an aromatic ring is 1. The number of nitrogens with two attached hydrogens (primary N) is 1. The van der Waals surface area contributed by atoms with Gasteiger partial charge in [-0.1, -0.05) is 0 Å². The van der Waals surface area contributed by atoms with Crippen LogP contribution in [0.1, 0.15) is 17.3 Å². The predicted molar refractivity (Wildman–Crippen MR) is 71.4 cm³/mol. The first-order valence-corrected chi connectivity index (χ1v) is 5.59. The Kier molecular flexibility index (Phi) is 4.53. The number of carbonyl (C=O) groups excluding carboxylic acids is 2. The number of hydrogen-bond acceptors (Lipinski definition) is 4. The third kappa shape index (κ3) is 3.13. The zero-order chi connectivity index (χ0) is 13.7. The Morgan fingerprint density at radius 3 is 2.39 bits per heavy atom. The maximum absolute atomic E-state index is 11.4. The van der Waals surface area contributed by atoms with Crippen LogP contribution >= 0.6 is 0 Å². The van der Waals surface area contributed by atoms with Crippen molar-refractivity contribution in [3.05, 3.63) is 23.8 Å². The Labute approximate surface area is 106 Å². The van der Waals surface area contributed by atoms with Gasteiger partial charge in [0.1, 0.15) is 6.04 Å². The van der Waals surface area contributed by atoms with E-state index >= 15 is 0 Å². The van der Waals surface area contributed by atoms with Crippen LogP contribution in [0.2, 0.25) is 0 Å². The van der Waals surface area contributed by atoms with Gasteiger partial charge in [0.05, 0.1) is 11.4 Å². The lowest BCUT2D eigenvalue weighted by molar-refractivity contribution is -0.121. The highest BCUT2D eigenvalue weighted by Gasteiger charge is 2.13. The molecule has 0 fully saturated rings. The summed E-state index contributed by atoms with van der Waals surface area (Å²) >= 11 is 0. The lowest BCUT2D eigenvalue weighted by Crippen LogP contribution is -2.35. The highest BCUT2D eigenvalue weighted by Crippen LogP contribution is 2.20. The molecule has 2 amide bonds. The fourth-order valence-electron chi connectivity index (χ4n) is 1.50. The Morgan fingerprint density at radius 1 is 1.22 bits per heavy atom. The maximum Gasteiger partial charge on any atom is 0.251 e. The number of hydrogen-bond donors (Lipinski definition) is 4. The molecule has 0 heterocycles. The second-order valence-electron chi connectivity index (χ2n) is 3.86. The molecule has 1 aromatic carbocycles. The van der Waals surface area contributed by atoms with Crippen molar-refractivity contribution >= 4 is 23.2 Å². The SMILES string of the molecule is CNC(=O)c1ccc(NC(C)C(=O)NC)c(N)c1. The lowest BCUT2D eigenvalue weighted by atomic mass is 10.1. The van der Waals surface area contributed by atoms with Gasteiger partial charge in [-0.05, 0) is 25.1 Å². The molecule has 6 heteroatoms. The zero-order valence-electron chi connectivity index (χ0n) is 10.7. The molecule has 5 N–H and O–H groups in total. The average molecular weight is 250 g/mol. The number of benzene rings is 1. The van der Waals surface area contributed by atoms with Crippen molar-refractivity contribution < 1.29 is 9.59 Å². The number of amides is 2. The monoisotopic (exact) mass is 250 g/mol. The van der Waals surface area contributed by atoms with E-state index in [2.05, 4.69) is 16.0 Å². The van der Waals surface area contributed by atoms with E-state index in [1.54, 1.807) is 39.2 Å². The minimum atomic E-state index is -0.400. The van der Waals surface area contributed by atoms with Crippen LogP contribution in [-0.2, 0) is 4.79 Å². The van der Waals surface area contributed by atoms with Crippen LogP contribution < -0.4 is 21.7 Å². The predicted octanol–water partition coefficient (Wildman–Crippen LogP) is 0.175. The first-order chi connectivity index (χ1) is 8.49. The molecule has 1 aromatic rings. The molecule has 98 valence electrons. The zero-order valence-corrected chi connectivity index (χ0v) is 10.7. The van der Waals surface area contributed by atoms with Crippen LogP contribution in [-0.4, -0.2) is 32.0 Å². The summed E-state index contributed by atoms with van der Waals surface area (Å²) in [6.45, 7) is 1.73. The quantitative estimate of drug-likeness (QED) is 0.573. The fraction of sp³-hybridized carbons (Fsp3) is 0.333. The summed E-state index contributed by atoms with van der Waals surface area (Å²) in [6.07, 6.45) is 0. The molecular formula is C12H18N4O2. The number of carbonyl (C=O) groups is 2. The van der Waals surface area contributed by atoms with Crippen molar-refractivity contribution in [2.75, 3.05) is 25.1 Å². The summed E-state index contributed by atoms with van der Waals surface area (Å²) in [7, 11) is 3.12. The van der Waals surface area contributed by atoms with Crippen LogP contribution in [0.3, 0.4) is 0 Å². The van der Waals surface area contributed by atoms with E-state index in [4.69, 9.17) is 5.73 Å². The van der Waals surface area contributed by atoms with E-state index in [0.29, 0.717) is 16.9 Å². The Hall–Kier alpha value is -2.24. The summed E-state index contributed by atoms with van der Waals surface area (Å²) in [6, 6.07) is 4.49. The van der Waals surface area contributed by atoms with E-state index < -0.39 is 6.04 Å². The van der Waals surface area contributed by atoms with E-state index in [1.807, 2.05) is 0 Å². The summed E-state index contributed by atoms with van der Waals surface area (Å²) in [5.41, 5.74) is 7.36. The van der Waals surface area contributed by atoms with Gasteiger partial charge in [-0.3, -0.25) is 9.59 Å². The number of rotatable bonds is 4. The molecule has 1 atom stereocenters. The van der Waals surface area contributed by atoms with Gasteiger partial charge < -0.3 is 21.7 Å². The standard InChI is InChI=1S/C12H18N4O2/c1-7(11(17)14-2)16-10-5-4-8(6-9(10)13)12(18)15-3/h4-7,16H,13H2,1-3H3,(H,14,17)(H,15,18). The molecule has 0 aliphatic carbocycles. The molecule has 0 spiro atoms. The minimum Gasteiger partial charge on any atom is -0.397 e. The smallest absolute Gasteiger partial charge is 0.251 e. The molecule has 0 bridgehead atoms. The Bertz CT molecular complexity index is 459. The largest absolute Gasteiger partial charge is 0.397 e. The van der Waals surface area contributed by atoms with Gasteiger partial charge in [0.15, 0.2) is 0 Å². The maximum atomic E-state index is 11.4. The highest BCUT2D eigenvalue weighted by molar-refractivity contribution is 5.96. The molecule has 0 saturated carbocycles. The minimum absolute atomic E-state index is 0.134. The molecule has 18 heavy (non-hydrogen) atoms. The molecule has 6 nitrogen and oxygen atoms in total. The fourth-order valence-corrected chi connectivity index (χ4v) is 1.50. The van der Waals surface area contributed by atoms with Crippen molar-refractivity contribution in [3.8, 4) is 0 Å². The van der Waals surface area contributed by atoms with Gasteiger partial charge in [0.25, 0.3) is 5.91 Å². The Morgan fingerprint density at radius 2 is 1.89 bits per heavy atom. The van der Waals surface area contributed by atoms with Gasteiger partial charge in [-0.2, -0.15) is 0 Å². The van der Waals surface area contributed by atoms with Crippen molar-refractivity contribution in [2.24, 2.45) is 0 Å². The van der Waals surface area contributed by atoms with Gasteiger partial charge in [0, 0.05) is 19.7 Å². The first-order valence-electron chi connectivity index (χ1n) is 5.59. The summed E-state index contributed by atoms with van der Waals surface area (Å²) in [5, 5.41) is 8.03. The third-order valence-corrected chi connectivity index (χ3v) is 2.55. The van der Waals surface area contributed by atoms with Gasteiger partial charge >= 0.3 is 0 Å².